The van der Waals surface area contributed by atoms with Crippen molar-refractivity contribution in [3.05, 3.63) is 23.8 Å². The Bertz CT molecular complexity index is 886. The first kappa shape index (κ1) is 25.7. The molecule has 4 nitrogen and oxygen atoms in total. The van der Waals surface area contributed by atoms with E-state index in [9.17, 15) is 14.7 Å². The summed E-state index contributed by atoms with van der Waals surface area (Å²) >= 11 is 0. The van der Waals surface area contributed by atoms with Crippen LogP contribution in [0.25, 0.3) is 0 Å². The molecule has 4 aliphatic carbocycles. The molecule has 0 radical (unpaired) electrons. The Labute approximate surface area is 206 Å². The quantitative estimate of drug-likeness (QED) is 0.380. The topological polar surface area (TPSA) is 63.6 Å². The molecule has 0 aromatic heterocycles. The Hall–Kier alpha value is -1.42. The first-order valence-electron chi connectivity index (χ1n) is 13.7. The predicted molar refractivity (Wildman–Crippen MR) is 135 cm³/mol. The van der Waals surface area contributed by atoms with E-state index >= 15 is 0 Å². The Balaban J connectivity index is 1.60. The zero-order chi connectivity index (χ0) is 25.1. The molecule has 0 aliphatic heterocycles. The van der Waals surface area contributed by atoms with Gasteiger partial charge >= 0.3 is 5.97 Å². The van der Waals surface area contributed by atoms with Crippen molar-refractivity contribution in [3.8, 4) is 0 Å². The number of ketones is 1. The molecule has 0 unspecified atom stereocenters. The zero-order valence-electron chi connectivity index (χ0n) is 22.4. The highest BCUT2D eigenvalue weighted by Crippen LogP contribution is 2.67. The van der Waals surface area contributed by atoms with Gasteiger partial charge in [-0.05, 0) is 85.5 Å². The second-order valence-corrected chi connectivity index (χ2v) is 12.9. The number of esters is 1. The number of carbonyl (C=O) groups is 2. The van der Waals surface area contributed by atoms with Gasteiger partial charge in [0.25, 0.3) is 0 Å². The summed E-state index contributed by atoms with van der Waals surface area (Å²) in [5, 5.41) is 11.8. The average molecular weight is 471 g/mol. The molecule has 9 atom stereocenters. The van der Waals surface area contributed by atoms with Crippen molar-refractivity contribution in [1.82, 2.24) is 0 Å². The molecule has 0 aromatic carbocycles. The van der Waals surface area contributed by atoms with Gasteiger partial charge in [0.15, 0.2) is 5.78 Å². The summed E-state index contributed by atoms with van der Waals surface area (Å²) in [5.41, 5.74) is -0.406. The predicted octanol–water partition coefficient (Wildman–Crippen LogP) is 6.28. The summed E-state index contributed by atoms with van der Waals surface area (Å²) in [6, 6.07) is 0. The number of ether oxygens (including phenoxy) is 1. The number of rotatable bonds is 5. The maximum absolute atomic E-state index is 13.5. The summed E-state index contributed by atoms with van der Waals surface area (Å²) in [5.74, 6) is 2.54. The normalized spacial score (nSPS) is 43.7. The van der Waals surface area contributed by atoms with Gasteiger partial charge in [0.1, 0.15) is 11.7 Å². The van der Waals surface area contributed by atoms with Gasteiger partial charge < -0.3 is 9.84 Å². The van der Waals surface area contributed by atoms with E-state index < -0.39 is 11.0 Å². The fraction of sp³-hybridized carbons (Fsp3) is 0.800. The van der Waals surface area contributed by atoms with Crippen LogP contribution in [0.2, 0.25) is 0 Å². The van der Waals surface area contributed by atoms with E-state index in [2.05, 4.69) is 53.7 Å². The molecular formula is C30H46O4. The highest BCUT2D eigenvalue weighted by molar-refractivity contribution is 5.99. The van der Waals surface area contributed by atoms with E-state index in [0.29, 0.717) is 36.0 Å². The van der Waals surface area contributed by atoms with Gasteiger partial charge in [0.2, 0.25) is 0 Å². The fourth-order valence-electron chi connectivity index (χ4n) is 8.28. The molecule has 0 bridgehead atoms. The monoisotopic (exact) mass is 470 g/mol. The van der Waals surface area contributed by atoms with Crippen molar-refractivity contribution in [2.45, 2.75) is 105 Å². The molecule has 0 amide bonds. The van der Waals surface area contributed by atoms with Crippen LogP contribution in [0.3, 0.4) is 0 Å². The lowest BCUT2D eigenvalue weighted by atomic mass is 9.46. The Morgan fingerprint density at radius 3 is 2.41 bits per heavy atom. The highest BCUT2D eigenvalue weighted by atomic mass is 16.5. The molecule has 3 fully saturated rings. The molecule has 4 heteroatoms. The fourth-order valence-corrected chi connectivity index (χ4v) is 8.28. The van der Waals surface area contributed by atoms with Gasteiger partial charge in [0, 0.05) is 18.8 Å². The number of fused-ring (bicyclic) bond motifs is 5. The van der Waals surface area contributed by atoms with Crippen LogP contribution < -0.4 is 0 Å². The Morgan fingerprint density at radius 2 is 1.76 bits per heavy atom. The lowest BCUT2D eigenvalue weighted by Gasteiger charge is -2.60. The van der Waals surface area contributed by atoms with Gasteiger partial charge in [-0.1, -0.05) is 59.3 Å². The number of hydrogen-bond donors (Lipinski definition) is 1. The van der Waals surface area contributed by atoms with E-state index in [0.717, 1.165) is 25.7 Å². The first-order chi connectivity index (χ1) is 15.8. The van der Waals surface area contributed by atoms with Crippen LogP contribution in [0.4, 0.5) is 0 Å². The summed E-state index contributed by atoms with van der Waals surface area (Å²) in [6.07, 6.45) is 12.5. The molecule has 4 aliphatic rings. The van der Waals surface area contributed by atoms with Gasteiger partial charge in [-0.3, -0.25) is 9.59 Å². The molecule has 1 N–H and O–H groups in total. The molecule has 0 aromatic rings. The molecule has 4 rings (SSSR count). The Morgan fingerprint density at radius 1 is 1.06 bits per heavy atom. The standard InChI is InChI=1S/C30H46O4/c1-18(2)19(3)8-9-20(4)24-10-11-25-23-16-27(32)30(33)17-22(34-21(5)31)12-15-29(30,7)26(23)13-14-28(24,25)6/h8-9,16,18-20,22,24-26,33H,10-15,17H2,1-7H3/b9-8+/t19-,20+,22+,24+,25+,26+,28-,29+,30-/m0/s1. The number of hydrogen-bond acceptors (Lipinski definition) is 4. The average Bonchev–Trinajstić information content (AvgIpc) is 3.11. The van der Waals surface area contributed by atoms with E-state index in [1.165, 1.54) is 18.9 Å². The maximum Gasteiger partial charge on any atom is 0.302 e. The van der Waals surface area contributed by atoms with Crippen molar-refractivity contribution in [2.24, 2.45) is 46.3 Å². The third kappa shape index (κ3) is 3.92. The SMILES string of the molecule is CC(=O)O[C@@H]1CC[C@]2(C)[C@@H]3CC[C@]4(C)[C@H](CC[C@@H]4[C@H](C)/C=C/[C@H](C)C(C)C)C3=CC(=O)[C@@]2(O)C1. The van der Waals surface area contributed by atoms with E-state index in [1.807, 2.05) is 6.08 Å². The minimum absolute atomic E-state index is 0.162. The molecule has 34 heavy (non-hydrogen) atoms. The third-order valence-corrected chi connectivity index (χ3v) is 10.9. The summed E-state index contributed by atoms with van der Waals surface area (Å²) < 4.78 is 5.44. The van der Waals surface area contributed by atoms with Gasteiger partial charge in [-0.15, -0.1) is 0 Å². The van der Waals surface area contributed by atoms with Crippen LogP contribution in [0.15, 0.2) is 23.8 Å². The van der Waals surface area contributed by atoms with Gasteiger partial charge in [-0.2, -0.15) is 0 Å². The van der Waals surface area contributed by atoms with E-state index in [-0.39, 0.29) is 35.6 Å². The molecule has 0 saturated heterocycles. The number of carbonyl (C=O) groups excluding carboxylic acids is 2. The molecule has 0 spiro atoms. The van der Waals surface area contributed by atoms with Crippen molar-refractivity contribution in [1.29, 1.82) is 0 Å². The van der Waals surface area contributed by atoms with Crippen LogP contribution in [-0.4, -0.2) is 28.6 Å². The summed E-state index contributed by atoms with van der Waals surface area (Å²) in [7, 11) is 0. The lowest BCUT2D eigenvalue weighted by molar-refractivity contribution is -0.188. The molecular weight excluding hydrogens is 424 g/mol. The second-order valence-electron chi connectivity index (χ2n) is 12.9. The largest absolute Gasteiger partial charge is 0.462 e. The smallest absolute Gasteiger partial charge is 0.302 e. The van der Waals surface area contributed by atoms with Crippen molar-refractivity contribution < 1.29 is 19.4 Å². The number of aliphatic hydroxyl groups is 1. The molecule has 0 heterocycles. The van der Waals surface area contributed by atoms with Crippen LogP contribution in [0.1, 0.15) is 93.4 Å². The van der Waals surface area contributed by atoms with E-state index in [1.54, 1.807) is 0 Å². The minimum atomic E-state index is -1.44. The first-order valence-corrected chi connectivity index (χ1v) is 13.7. The second kappa shape index (κ2) is 8.91. The van der Waals surface area contributed by atoms with Crippen LogP contribution in [0, 0.1) is 46.3 Å². The van der Waals surface area contributed by atoms with Crippen LogP contribution >= 0.6 is 0 Å². The summed E-state index contributed by atoms with van der Waals surface area (Å²) in [6.45, 7) is 15.2. The van der Waals surface area contributed by atoms with Crippen molar-refractivity contribution in [2.75, 3.05) is 0 Å². The van der Waals surface area contributed by atoms with Crippen LogP contribution in [0.5, 0.6) is 0 Å². The lowest BCUT2D eigenvalue weighted by Crippen LogP contribution is -2.64. The van der Waals surface area contributed by atoms with Gasteiger partial charge in [0.05, 0.1) is 0 Å². The van der Waals surface area contributed by atoms with Gasteiger partial charge in [-0.25, -0.2) is 0 Å². The molecule has 3 saturated carbocycles. The Kier molecular flexibility index (Phi) is 6.72. The van der Waals surface area contributed by atoms with E-state index in [4.69, 9.17) is 4.74 Å². The van der Waals surface area contributed by atoms with Crippen molar-refractivity contribution in [3.63, 3.8) is 0 Å². The van der Waals surface area contributed by atoms with Crippen molar-refractivity contribution >= 4 is 11.8 Å². The summed E-state index contributed by atoms with van der Waals surface area (Å²) in [4.78, 5) is 25.0. The zero-order valence-corrected chi connectivity index (χ0v) is 22.4. The highest BCUT2D eigenvalue weighted by Gasteiger charge is 2.65. The number of allylic oxidation sites excluding steroid dienone is 3. The third-order valence-electron chi connectivity index (χ3n) is 10.9. The van der Waals surface area contributed by atoms with Crippen LogP contribution in [-0.2, 0) is 14.3 Å². The maximum atomic E-state index is 13.5. The minimum Gasteiger partial charge on any atom is -0.462 e. The molecule has 190 valence electrons.